The van der Waals surface area contributed by atoms with Crippen LogP contribution in [0.25, 0.3) is 0 Å². The van der Waals surface area contributed by atoms with Crippen molar-refractivity contribution in [1.82, 2.24) is 9.80 Å². The molecule has 2 aliphatic rings. The first-order valence-electron chi connectivity index (χ1n) is 13.0. The molecule has 2 heterocycles. The number of carbonyl (C=O) groups excluding carboxylic acids is 1. The van der Waals surface area contributed by atoms with E-state index in [0.29, 0.717) is 18.8 Å². The smallest absolute Gasteiger partial charge is 0.321 e. The van der Waals surface area contributed by atoms with Crippen LogP contribution in [0.4, 0.5) is 14.9 Å². The van der Waals surface area contributed by atoms with Crippen molar-refractivity contribution >= 4 is 11.7 Å². The van der Waals surface area contributed by atoms with Gasteiger partial charge in [0.2, 0.25) is 0 Å². The lowest BCUT2D eigenvalue weighted by molar-refractivity contribution is -0.0585. The van der Waals surface area contributed by atoms with E-state index < -0.39 is 0 Å². The van der Waals surface area contributed by atoms with Gasteiger partial charge in [-0.3, -0.25) is 4.90 Å². The third kappa shape index (κ3) is 5.67. The fourth-order valence-electron chi connectivity index (χ4n) is 5.47. The molecule has 0 radical (unpaired) electrons. The molecule has 2 aliphatic heterocycles. The number of halogens is 1. The highest BCUT2D eigenvalue weighted by Crippen LogP contribution is 2.42. The number of urea groups is 1. The highest BCUT2D eigenvalue weighted by Gasteiger charge is 2.49. The molecule has 2 fully saturated rings. The van der Waals surface area contributed by atoms with Crippen LogP contribution in [0.1, 0.15) is 35.4 Å². The third-order valence-corrected chi connectivity index (χ3v) is 7.49. The van der Waals surface area contributed by atoms with Crippen LogP contribution in [-0.4, -0.2) is 66.4 Å². The molecule has 0 bridgehead atoms. The molecule has 6 nitrogen and oxygen atoms in total. The molecule has 3 atom stereocenters. The number of amides is 2. The average Bonchev–Trinajstić information content (AvgIpc) is 2.93. The van der Waals surface area contributed by atoms with Crippen molar-refractivity contribution in [2.24, 2.45) is 0 Å². The molecule has 0 aromatic heterocycles. The third-order valence-electron chi connectivity index (χ3n) is 7.49. The molecule has 2 saturated heterocycles. The van der Waals surface area contributed by atoms with Crippen LogP contribution in [-0.2, 0) is 0 Å². The Labute approximate surface area is 223 Å². The molecule has 0 unspecified atom stereocenters. The second-order valence-electron chi connectivity index (χ2n) is 9.77. The Hall–Kier alpha value is -3.86. The van der Waals surface area contributed by atoms with Gasteiger partial charge in [0, 0.05) is 47.9 Å². The van der Waals surface area contributed by atoms with Gasteiger partial charge < -0.3 is 20.1 Å². The van der Waals surface area contributed by atoms with E-state index in [1.54, 1.807) is 19.2 Å². The molecule has 0 aliphatic carbocycles. The normalized spacial score (nSPS) is 21.1. The van der Waals surface area contributed by atoms with E-state index >= 15 is 0 Å². The van der Waals surface area contributed by atoms with Crippen LogP contribution in [0.15, 0.2) is 72.8 Å². The molecule has 2 N–H and O–H groups in total. The minimum absolute atomic E-state index is 0.0244. The molecule has 5 rings (SSSR count). The number of fused-ring (bicyclic) bond motifs is 1. The van der Waals surface area contributed by atoms with Gasteiger partial charge in [-0.1, -0.05) is 24.0 Å². The Bertz CT molecular complexity index is 1300. The number of carbonyl (C=O) groups is 1. The van der Waals surface area contributed by atoms with E-state index in [1.165, 1.54) is 12.1 Å². The van der Waals surface area contributed by atoms with Gasteiger partial charge in [-0.15, -0.1) is 0 Å². The first-order valence-corrected chi connectivity index (χ1v) is 13.0. The summed E-state index contributed by atoms with van der Waals surface area (Å²) in [5, 5.41) is 13.1. The number of hydrogen-bond donors (Lipinski definition) is 2. The zero-order valence-corrected chi connectivity index (χ0v) is 21.4. The Morgan fingerprint density at radius 3 is 2.24 bits per heavy atom. The van der Waals surface area contributed by atoms with Crippen LogP contribution >= 0.6 is 0 Å². The summed E-state index contributed by atoms with van der Waals surface area (Å²) in [6.45, 7) is 2.20. The molecule has 3 aromatic carbocycles. The number of nitrogens with one attached hydrogen (secondary N) is 1. The summed E-state index contributed by atoms with van der Waals surface area (Å²) in [6, 6.07) is 21.6. The van der Waals surface area contributed by atoms with E-state index in [1.807, 2.05) is 41.3 Å². The number of methoxy groups -OCH3 is 1. The average molecular weight is 514 g/mol. The summed E-state index contributed by atoms with van der Waals surface area (Å²) in [5.41, 5.74) is 3.54. The van der Waals surface area contributed by atoms with Crippen LogP contribution in [0.2, 0.25) is 0 Å². The standard InChI is InChI=1S/C31H32FN3O3/c1-38-27-16-8-23(9-17-27)5-4-22-6-10-24(11-7-22)30-28-20-34(18-2-3-19-35(28)29(30)21-36)31(37)33-26-14-12-25(32)13-15-26/h6-17,28-30,36H,2-3,18-21H2,1H3,(H,33,37)/t28-,29-,30+/m1/s1. The molecule has 3 aromatic rings. The highest BCUT2D eigenvalue weighted by molar-refractivity contribution is 5.89. The van der Waals surface area contributed by atoms with Crippen LogP contribution < -0.4 is 10.1 Å². The maximum atomic E-state index is 13.3. The summed E-state index contributed by atoms with van der Waals surface area (Å²) in [7, 11) is 1.64. The molecule has 2 amide bonds. The molecular formula is C31H32FN3O3. The van der Waals surface area contributed by atoms with Gasteiger partial charge in [0.15, 0.2) is 0 Å². The lowest BCUT2D eigenvalue weighted by Crippen LogP contribution is -2.68. The fraction of sp³-hybridized carbons (Fsp3) is 0.323. The highest BCUT2D eigenvalue weighted by atomic mass is 19.1. The quantitative estimate of drug-likeness (QED) is 0.497. The minimum Gasteiger partial charge on any atom is -0.497 e. The molecule has 38 heavy (non-hydrogen) atoms. The lowest BCUT2D eigenvalue weighted by atomic mass is 9.74. The number of benzene rings is 3. The van der Waals surface area contributed by atoms with Crippen molar-refractivity contribution in [3.63, 3.8) is 0 Å². The first kappa shape index (κ1) is 25.8. The van der Waals surface area contributed by atoms with Crippen LogP contribution in [0, 0.1) is 17.7 Å². The summed E-state index contributed by atoms with van der Waals surface area (Å²) >= 11 is 0. The maximum absolute atomic E-state index is 13.3. The van der Waals surface area contributed by atoms with Crippen LogP contribution in [0.3, 0.4) is 0 Å². The van der Waals surface area contributed by atoms with E-state index in [4.69, 9.17) is 4.74 Å². The Balaban J connectivity index is 1.30. The Morgan fingerprint density at radius 1 is 0.974 bits per heavy atom. The van der Waals surface area contributed by atoms with Gasteiger partial charge in [0.1, 0.15) is 11.6 Å². The van der Waals surface area contributed by atoms with Crippen molar-refractivity contribution < 1.29 is 19.0 Å². The van der Waals surface area contributed by atoms with Gasteiger partial charge in [-0.2, -0.15) is 0 Å². The fourth-order valence-corrected chi connectivity index (χ4v) is 5.47. The molecular weight excluding hydrogens is 481 g/mol. The van der Waals surface area contributed by atoms with Gasteiger partial charge in [0.05, 0.1) is 13.7 Å². The van der Waals surface area contributed by atoms with Crippen molar-refractivity contribution in [1.29, 1.82) is 0 Å². The SMILES string of the molecule is COc1ccc(C#Cc2ccc([C@@H]3[C@@H](CO)N4CCCCN(C(=O)Nc5ccc(F)cc5)C[C@H]34)cc2)cc1. The lowest BCUT2D eigenvalue weighted by Gasteiger charge is -2.57. The van der Waals surface area contributed by atoms with Gasteiger partial charge in [-0.05, 0) is 85.6 Å². The van der Waals surface area contributed by atoms with Gasteiger partial charge in [0.25, 0.3) is 0 Å². The summed E-state index contributed by atoms with van der Waals surface area (Å²) < 4.78 is 18.5. The summed E-state index contributed by atoms with van der Waals surface area (Å²) in [5.74, 6) is 6.97. The molecule has 0 spiro atoms. The molecule has 7 heteroatoms. The molecule has 0 saturated carbocycles. The second kappa shape index (κ2) is 11.7. The maximum Gasteiger partial charge on any atom is 0.321 e. The predicted molar refractivity (Wildman–Crippen MR) is 146 cm³/mol. The van der Waals surface area contributed by atoms with E-state index in [-0.39, 0.29) is 36.5 Å². The van der Waals surface area contributed by atoms with E-state index in [9.17, 15) is 14.3 Å². The topological polar surface area (TPSA) is 65.0 Å². The van der Waals surface area contributed by atoms with Gasteiger partial charge in [-0.25, -0.2) is 9.18 Å². The Morgan fingerprint density at radius 2 is 1.61 bits per heavy atom. The number of aliphatic hydroxyl groups is 1. The Kier molecular flexibility index (Phi) is 7.92. The molecule has 196 valence electrons. The van der Waals surface area contributed by atoms with Crippen molar-refractivity contribution in [2.45, 2.75) is 30.8 Å². The first-order chi connectivity index (χ1) is 18.6. The van der Waals surface area contributed by atoms with Crippen molar-refractivity contribution in [3.8, 4) is 17.6 Å². The number of rotatable bonds is 4. The number of nitrogens with zero attached hydrogens (tertiary/aromatic N) is 2. The minimum atomic E-state index is -0.338. The summed E-state index contributed by atoms with van der Waals surface area (Å²) in [4.78, 5) is 17.3. The largest absolute Gasteiger partial charge is 0.497 e. The number of hydrogen-bond acceptors (Lipinski definition) is 4. The monoisotopic (exact) mass is 513 g/mol. The van der Waals surface area contributed by atoms with E-state index in [0.717, 1.165) is 41.8 Å². The van der Waals surface area contributed by atoms with Crippen molar-refractivity contribution in [3.05, 3.63) is 95.3 Å². The predicted octanol–water partition coefficient (Wildman–Crippen LogP) is 4.69. The number of ether oxygens (including phenoxy) is 1. The zero-order chi connectivity index (χ0) is 26.5. The van der Waals surface area contributed by atoms with E-state index in [2.05, 4.69) is 34.2 Å². The zero-order valence-electron chi connectivity index (χ0n) is 21.4. The van der Waals surface area contributed by atoms with Crippen LogP contribution in [0.5, 0.6) is 5.75 Å². The number of aliphatic hydroxyl groups excluding tert-OH is 1. The summed E-state index contributed by atoms with van der Waals surface area (Å²) in [6.07, 6.45) is 1.85. The van der Waals surface area contributed by atoms with Gasteiger partial charge >= 0.3 is 6.03 Å². The number of anilines is 1. The second-order valence-corrected chi connectivity index (χ2v) is 9.77. The van der Waals surface area contributed by atoms with Crippen molar-refractivity contribution in [2.75, 3.05) is 38.7 Å².